The summed E-state index contributed by atoms with van der Waals surface area (Å²) in [5.74, 6) is 0.539. The third-order valence-corrected chi connectivity index (χ3v) is 4.92. The molecule has 2 heterocycles. The molecular weight excluding hydrogens is 300 g/mol. The fourth-order valence-electron chi connectivity index (χ4n) is 3.03. The van der Waals surface area contributed by atoms with E-state index in [0.717, 1.165) is 28.1 Å². The van der Waals surface area contributed by atoms with Crippen molar-refractivity contribution in [1.29, 1.82) is 0 Å². The SMILES string of the molecule is C/C(=C/c1n[nH]c(C2CCC2)c1-n1nnc2ccccc21)N(C)C. The molecule has 0 bridgehead atoms. The summed E-state index contributed by atoms with van der Waals surface area (Å²) in [5.41, 5.74) is 6.18. The van der Waals surface area contributed by atoms with E-state index in [1.54, 1.807) is 0 Å². The molecule has 6 heteroatoms. The number of benzene rings is 1. The zero-order valence-electron chi connectivity index (χ0n) is 14.3. The lowest BCUT2D eigenvalue weighted by Crippen LogP contribution is -2.13. The van der Waals surface area contributed by atoms with Gasteiger partial charge in [0, 0.05) is 25.7 Å². The molecule has 1 N–H and O–H groups in total. The Bertz CT molecular complexity index is 897. The highest BCUT2D eigenvalue weighted by molar-refractivity contribution is 5.77. The summed E-state index contributed by atoms with van der Waals surface area (Å²) in [6, 6.07) is 8.05. The Balaban J connectivity index is 1.91. The molecule has 1 aliphatic carbocycles. The van der Waals surface area contributed by atoms with Crippen molar-refractivity contribution in [3.8, 4) is 5.69 Å². The highest BCUT2D eigenvalue weighted by Gasteiger charge is 2.28. The summed E-state index contributed by atoms with van der Waals surface area (Å²) >= 11 is 0. The lowest BCUT2D eigenvalue weighted by molar-refractivity contribution is 0.409. The van der Waals surface area contributed by atoms with Crippen LogP contribution in [0.2, 0.25) is 0 Å². The number of aromatic amines is 1. The van der Waals surface area contributed by atoms with Crippen LogP contribution in [0.5, 0.6) is 0 Å². The van der Waals surface area contributed by atoms with Crippen molar-refractivity contribution >= 4 is 17.1 Å². The molecule has 4 rings (SSSR count). The van der Waals surface area contributed by atoms with Crippen molar-refractivity contribution in [3.63, 3.8) is 0 Å². The molecule has 1 aliphatic rings. The number of fused-ring (bicyclic) bond motifs is 1. The maximum absolute atomic E-state index is 4.59. The van der Waals surface area contributed by atoms with Crippen LogP contribution in [0.15, 0.2) is 30.0 Å². The second-order valence-electron chi connectivity index (χ2n) is 6.67. The van der Waals surface area contributed by atoms with Gasteiger partial charge >= 0.3 is 0 Å². The molecule has 1 fully saturated rings. The number of hydrogen-bond acceptors (Lipinski definition) is 4. The van der Waals surface area contributed by atoms with Crippen molar-refractivity contribution in [3.05, 3.63) is 41.4 Å². The van der Waals surface area contributed by atoms with Gasteiger partial charge in [-0.25, -0.2) is 4.68 Å². The Kier molecular flexibility index (Phi) is 3.59. The Morgan fingerprint density at radius 3 is 2.79 bits per heavy atom. The van der Waals surface area contributed by atoms with Gasteiger partial charge in [-0.3, -0.25) is 5.10 Å². The molecule has 24 heavy (non-hydrogen) atoms. The lowest BCUT2D eigenvalue weighted by atomic mass is 9.82. The Hall–Kier alpha value is -2.63. The van der Waals surface area contributed by atoms with Gasteiger partial charge < -0.3 is 4.90 Å². The van der Waals surface area contributed by atoms with E-state index in [9.17, 15) is 0 Å². The molecule has 2 aromatic heterocycles. The first-order chi connectivity index (χ1) is 11.6. The zero-order chi connectivity index (χ0) is 16.7. The van der Waals surface area contributed by atoms with Gasteiger partial charge in [0.25, 0.3) is 0 Å². The van der Waals surface area contributed by atoms with Crippen LogP contribution in [0, 0.1) is 0 Å². The van der Waals surface area contributed by atoms with Gasteiger partial charge in [0.15, 0.2) is 0 Å². The molecule has 0 unspecified atom stereocenters. The van der Waals surface area contributed by atoms with Crippen LogP contribution in [0.3, 0.4) is 0 Å². The number of nitrogens with one attached hydrogen (secondary N) is 1. The molecule has 0 amide bonds. The average Bonchev–Trinajstić information content (AvgIpc) is 3.10. The van der Waals surface area contributed by atoms with E-state index in [1.807, 2.05) is 37.0 Å². The molecule has 0 aliphatic heterocycles. The minimum atomic E-state index is 0.539. The minimum absolute atomic E-state index is 0.539. The summed E-state index contributed by atoms with van der Waals surface area (Å²) in [4.78, 5) is 2.08. The first-order valence-corrected chi connectivity index (χ1v) is 8.40. The number of nitrogens with zero attached hydrogens (tertiary/aromatic N) is 5. The summed E-state index contributed by atoms with van der Waals surface area (Å²) in [6.07, 6.45) is 5.79. The van der Waals surface area contributed by atoms with Crippen LogP contribution in [0.25, 0.3) is 22.8 Å². The Morgan fingerprint density at radius 2 is 2.08 bits per heavy atom. The molecule has 1 aromatic carbocycles. The van der Waals surface area contributed by atoms with Gasteiger partial charge in [0.2, 0.25) is 0 Å². The van der Waals surface area contributed by atoms with Crippen LogP contribution in [-0.2, 0) is 0 Å². The van der Waals surface area contributed by atoms with Gasteiger partial charge in [-0.05, 0) is 38.0 Å². The van der Waals surface area contributed by atoms with Gasteiger partial charge in [-0.1, -0.05) is 23.8 Å². The van der Waals surface area contributed by atoms with Crippen LogP contribution in [0.1, 0.15) is 43.5 Å². The van der Waals surface area contributed by atoms with Crippen molar-refractivity contribution in [2.75, 3.05) is 14.1 Å². The number of para-hydroxylation sites is 1. The molecule has 1 saturated carbocycles. The highest BCUT2D eigenvalue weighted by atomic mass is 15.4. The number of rotatable bonds is 4. The molecule has 3 aromatic rings. The molecule has 6 nitrogen and oxygen atoms in total. The summed E-state index contributed by atoms with van der Waals surface area (Å²) in [5, 5.41) is 16.6. The topological polar surface area (TPSA) is 62.6 Å². The maximum atomic E-state index is 4.59. The smallest absolute Gasteiger partial charge is 0.116 e. The average molecular weight is 322 g/mol. The molecule has 0 spiro atoms. The van der Waals surface area contributed by atoms with Gasteiger partial charge in [-0.2, -0.15) is 5.10 Å². The van der Waals surface area contributed by atoms with Crippen molar-refractivity contribution in [2.45, 2.75) is 32.1 Å². The fraction of sp³-hybridized carbons (Fsp3) is 0.389. The highest BCUT2D eigenvalue weighted by Crippen LogP contribution is 2.39. The number of allylic oxidation sites excluding steroid dienone is 1. The minimum Gasteiger partial charge on any atom is -0.381 e. The summed E-state index contributed by atoms with van der Waals surface area (Å²) in [7, 11) is 4.08. The van der Waals surface area contributed by atoms with E-state index in [4.69, 9.17) is 0 Å². The third kappa shape index (κ3) is 2.38. The zero-order valence-corrected chi connectivity index (χ0v) is 14.3. The predicted octanol–water partition coefficient (Wildman–Crippen LogP) is 3.33. The van der Waals surface area contributed by atoms with E-state index in [0.29, 0.717) is 5.92 Å². The standard InChI is InChI=1S/C18H22N6/c1-12(23(2)3)11-15-18(17(21-19-15)13-7-6-8-13)24-16-10-5-4-9-14(16)20-22-24/h4-5,9-11,13H,6-8H2,1-3H3,(H,19,21)/b12-11-. The quantitative estimate of drug-likeness (QED) is 0.800. The molecule has 0 radical (unpaired) electrons. The van der Waals surface area contributed by atoms with Crippen LogP contribution >= 0.6 is 0 Å². The number of H-pyrrole nitrogens is 1. The largest absolute Gasteiger partial charge is 0.381 e. The summed E-state index contributed by atoms with van der Waals surface area (Å²) < 4.78 is 1.93. The van der Waals surface area contributed by atoms with Gasteiger partial charge in [0.1, 0.15) is 16.9 Å². The van der Waals surface area contributed by atoms with E-state index in [1.165, 1.54) is 25.0 Å². The Morgan fingerprint density at radius 1 is 1.29 bits per heavy atom. The lowest BCUT2D eigenvalue weighted by Gasteiger charge is -2.25. The van der Waals surface area contributed by atoms with Gasteiger partial charge in [0.05, 0.1) is 11.2 Å². The normalized spacial score (nSPS) is 15.7. The number of aromatic nitrogens is 5. The van der Waals surface area contributed by atoms with Crippen molar-refractivity contribution in [1.82, 2.24) is 30.1 Å². The second kappa shape index (κ2) is 5.78. The van der Waals surface area contributed by atoms with E-state index in [2.05, 4.69) is 44.5 Å². The monoisotopic (exact) mass is 322 g/mol. The molecule has 0 saturated heterocycles. The van der Waals surface area contributed by atoms with E-state index < -0.39 is 0 Å². The predicted molar refractivity (Wildman–Crippen MR) is 94.9 cm³/mol. The van der Waals surface area contributed by atoms with Crippen LogP contribution < -0.4 is 0 Å². The van der Waals surface area contributed by atoms with E-state index >= 15 is 0 Å². The van der Waals surface area contributed by atoms with Crippen LogP contribution in [0.4, 0.5) is 0 Å². The van der Waals surface area contributed by atoms with Crippen LogP contribution in [-0.4, -0.2) is 44.2 Å². The van der Waals surface area contributed by atoms with E-state index in [-0.39, 0.29) is 0 Å². The number of hydrogen-bond donors (Lipinski definition) is 1. The molecule has 124 valence electrons. The second-order valence-corrected chi connectivity index (χ2v) is 6.67. The summed E-state index contributed by atoms with van der Waals surface area (Å²) in [6.45, 7) is 2.08. The first kappa shape index (κ1) is 14.9. The van der Waals surface area contributed by atoms with Gasteiger partial charge in [-0.15, -0.1) is 5.10 Å². The first-order valence-electron chi connectivity index (χ1n) is 8.40. The molecular formula is C18H22N6. The van der Waals surface area contributed by atoms with Crippen molar-refractivity contribution < 1.29 is 0 Å². The molecule has 0 atom stereocenters. The third-order valence-electron chi connectivity index (χ3n) is 4.92. The maximum Gasteiger partial charge on any atom is 0.116 e. The Labute approximate surface area is 141 Å². The van der Waals surface area contributed by atoms with Crippen molar-refractivity contribution in [2.24, 2.45) is 0 Å². The fourth-order valence-corrected chi connectivity index (χ4v) is 3.03.